The van der Waals surface area contributed by atoms with Gasteiger partial charge in [0.1, 0.15) is 29.5 Å². The van der Waals surface area contributed by atoms with Gasteiger partial charge in [-0.2, -0.15) is 0 Å². The maximum absolute atomic E-state index is 9.75. The van der Waals surface area contributed by atoms with Gasteiger partial charge in [-0.3, -0.25) is 0 Å². The molecule has 0 aliphatic rings. The van der Waals surface area contributed by atoms with Gasteiger partial charge in [-0.1, -0.05) is 0 Å². The minimum atomic E-state index is -1.44. The van der Waals surface area contributed by atoms with Crippen molar-refractivity contribution in [3.63, 3.8) is 0 Å². The normalized spacial score (nSPS) is 14.2. The Kier molecular flexibility index (Phi) is 4.56. The summed E-state index contributed by atoms with van der Waals surface area (Å²) in [5.74, 6) is 0.247. The number of benzene rings is 1. The van der Waals surface area contributed by atoms with Crippen LogP contribution in [-0.2, 0) is 0 Å². The maximum atomic E-state index is 9.75. The number of rotatable bonds is 5. The second-order valence-electron chi connectivity index (χ2n) is 3.46. The summed E-state index contributed by atoms with van der Waals surface area (Å²) in [7, 11) is 2.78. The largest absolute Gasteiger partial charge is 0.507 e. The van der Waals surface area contributed by atoms with Crippen LogP contribution in [0.15, 0.2) is 12.1 Å². The highest BCUT2D eigenvalue weighted by molar-refractivity contribution is 5.51. The number of hydrogen-bond acceptors (Lipinski definition) is 6. The van der Waals surface area contributed by atoms with Crippen molar-refractivity contribution in [2.24, 2.45) is 0 Å². The summed E-state index contributed by atoms with van der Waals surface area (Å²) in [5, 5.41) is 37.6. The van der Waals surface area contributed by atoms with Crippen LogP contribution < -0.4 is 9.47 Å². The molecular weight excluding hydrogens is 228 g/mol. The van der Waals surface area contributed by atoms with Crippen LogP contribution in [0.4, 0.5) is 0 Å². The molecule has 1 aromatic rings. The zero-order valence-electron chi connectivity index (χ0n) is 9.62. The van der Waals surface area contributed by atoms with Gasteiger partial charge in [0.15, 0.2) is 0 Å². The quantitative estimate of drug-likeness (QED) is 0.572. The molecule has 2 atom stereocenters. The fourth-order valence-corrected chi connectivity index (χ4v) is 1.46. The highest BCUT2D eigenvalue weighted by atomic mass is 16.5. The van der Waals surface area contributed by atoms with Crippen molar-refractivity contribution in [2.75, 3.05) is 20.8 Å². The number of aromatic hydroxyl groups is 1. The molecule has 6 heteroatoms. The third-order valence-electron chi connectivity index (χ3n) is 2.40. The van der Waals surface area contributed by atoms with Crippen LogP contribution in [0, 0.1) is 0 Å². The Bertz CT molecular complexity index is 378. The van der Waals surface area contributed by atoms with Gasteiger partial charge >= 0.3 is 0 Å². The van der Waals surface area contributed by atoms with Crippen LogP contribution in [0.5, 0.6) is 17.2 Å². The first kappa shape index (κ1) is 13.6. The molecule has 1 rings (SSSR count). The Morgan fingerprint density at radius 2 is 1.82 bits per heavy atom. The van der Waals surface area contributed by atoms with Crippen LogP contribution in [0.25, 0.3) is 0 Å². The van der Waals surface area contributed by atoms with Gasteiger partial charge in [0, 0.05) is 12.1 Å². The molecule has 0 aliphatic carbocycles. The lowest BCUT2D eigenvalue weighted by atomic mass is 10.0. The smallest absolute Gasteiger partial charge is 0.132 e. The van der Waals surface area contributed by atoms with E-state index in [9.17, 15) is 15.3 Å². The molecule has 1 aromatic carbocycles. The molecule has 17 heavy (non-hydrogen) atoms. The van der Waals surface area contributed by atoms with Gasteiger partial charge in [-0.05, 0) is 0 Å². The number of methoxy groups -OCH3 is 2. The Morgan fingerprint density at radius 3 is 2.29 bits per heavy atom. The molecule has 0 fully saturated rings. The predicted molar refractivity (Wildman–Crippen MR) is 59.3 cm³/mol. The number of ether oxygens (including phenoxy) is 2. The lowest BCUT2D eigenvalue weighted by Crippen LogP contribution is -2.22. The van der Waals surface area contributed by atoms with Gasteiger partial charge in [0.05, 0.1) is 26.4 Å². The molecule has 0 amide bonds. The van der Waals surface area contributed by atoms with Gasteiger partial charge in [0.2, 0.25) is 0 Å². The highest BCUT2D eigenvalue weighted by Crippen LogP contribution is 2.38. The average molecular weight is 244 g/mol. The fraction of sp³-hybridized carbons (Fsp3) is 0.455. The average Bonchev–Trinajstić information content (AvgIpc) is 2.35. The first-order valence-corrected chi connectivity index (χ1v) is 4.97. The van der Waals surface area contributed by atoms with Crippen LogP contribution in [0.1, 0.15) is 11.7 Å². The zero-order chi connectivity index (χ0) is 13.0. The fourth-order valence-electron chi connectivity index (χ4n) is 1.46. The van der Waals surface area contributed by atoms with E-state index in [-0.39, 0.29) is 17.1 Å². The highest BCUT2D eigenvalue weighted by Gasteiger charge is 2.25. The first-order chi connectivity index (χ1) is 8.04. The maximum Gasteiger partial charge on any atom is 0.132 e. The Balaban J connectivity index is 3.22. The molecule has 96 valence electrons. The molecule has 0 heterocycles. The topological polar surface area (TPSA) is 99.4 Å². The number of aliphatic hydroxyl groups excluding tert-OH is 3. The summed E-state index contributed by atoms with van der Waals surface area (Å²) in [4.78, 5) is 0. The van der Waals surface area contributed by atoms with Gasteiger partial charge < -0.3 is 29.9 Å². The van der Waals surface area contributed by atoms with Crippen molar-refractivity contribution in [3.8, 4) is 17.2 Å². The van der Waals surface area contributed by atoms with Crippen molar-refractivity contribution in [2.45, 2.75) is 12.2 Å². The van der Waals surface area contributed by atoms with Crippen molar-refractivity contribution in [1.82, 2.24) is 0 Å². The number of hydrogen-bond donors (Lipinski definition) is 4. The molecule has 0 spiro atoms. The lowest BCUT2D eigenvalue weighted by Gasteiger charge is -2.20. The summed E-state index contributed by atoms with van der Waals surface area (Å²) in [6, 6.07) is 2.74. The van der Waals surface area contributed by atoms with Gasteiger partial charge in [-0.25, -0.2) is 0 Å². The second kappa shape index (κ2) is 5.72. The summed E-state index contributed by atoms with van der Waals surface area (Å²) in [6.45, 7) is -0.629. The van der Waals surface area contributed by atoms with Crippen LogP contribution >= 0.6 is 0 Å². The molecule has 0 radical (unpaired) electrons. The first-order valence-electron chi connectivity index (χ1n) is 4.97. The van der Waals surface area contributed by atoms with Gasteiger partial charge in [0.25, 0.3) is 0 Å². The van der Waals surface area contributed by atoms with Crippen molar-refractivity contribution < 1.29 is 29.9 Å². The van der Waals surface area contributed by atoms with E-state index in [4.69, 9.17) is 14.6 Å². The van der Waals surface area contributed by atoms with E-state index in [1.165, 1.54) is 26.4 Å². The molecular formula is C11H16O6. The molecule has 2 unspecified atom stereocenters. The Morgan fingerprint density at radius 1 is 1.18 bits per heavy atom. The summed E-state index contributed by atoms with van der Waals surface area (Å²) in [6.07, 6.45) is -2.84. The molecule has 0 bridgehead atoms. The molecule has 0 aromatic heterocycles. The predicted octanol–water partition coefficient (Wildman–Crippen LogP) is -0.204. The minimum absolute atomic E-state index is 0.00912. The Hall–Kier alpha value is -1.50. The SMILES string of the molecule is COc1cc(O)c(C(O)C(O)CO)c(OC)c1. The van der Waals surface area contributed by atoms with E-state index in [1.54, 1.807) is 0 Å². The van der Waals surface area contributed by atoms with Crippen molar-refractivity contribution in [3.05, 3.63) is 17.7 Å². The van der Waals surface area contributed by atoms with Gasteiger partial charge in [-0.15, -0.1) is 0 Å². The van der Waals surface area contributed by atoms with E-state index in [2.05, 4.69) is 0 Å². The van der Waals surface area contributed by atoms with Crippen LogP contribution in [0.3, 0.4) is 0 Å². The molecule has 0 saturated carbocycles. The standard InChI is InChI=1S/C11H16O6/c1-16-6-3-7(13)10(9(4-6)17-2)11(15)8(14)5-12/h3-4,8,11-15H,5H2,1-2H3. The molecule has 0 aliphatic heterocycles. The summed E-state index contributed by atoms with van der Waals surface area (Å²) < 4.78 is 9.92. The van der Waals surface area contributed by atoms with E-state index >= 15 is 0 Å². The summed E-state index contributed by atoms with van der Waals surface area (Å²) in [5.41, 5.74) is 0.00912. The third-order valence-corrected chi connectivity index (χ3v) is 2.40. The monoisotopic (exact) mass is 244 g/mol. The zero-order valence-corrected chi connectivity index (χ0v) is 9.62. The number of phenols is 1. The van der Waals surface area contributed by atoms with E-state index in [1.807, 2.05) is 0 Å². The number of phenolic OH excluding ortho intramolecular Hbond substituents is 1. The summed E-state index contributed by atoms with van der Waals surface area (Å²) >= 11 is 0. The van der Waals surface area contributed by atoms with Crippen molar-refractivity contribution in [1.29, 1.82) is 0 Å². The van der Waals surface area contributed by atoms with Crippen LogP contribution in [-0.4, -0.2) is 47.4 Å². The third kappa shape index (κ3) is 2.79. The van der Waals surface area contributed by atoms with E-state index < -0.39 is 18.8 Å². The number of aliphatic hydroxyl groups is 3. The second-order valence-corrected chi connectivity index (χ2v) is 3.46. The van der Waals surface area contributed by atoms with E-state index in [0.717, 1.165) is 0 Å². The van der Waals surface area contributed by atoms with Crippen molar-refractivity contribution >= 4 is 0 Å². The van der Waals surface area contributed by atoms with Crippen LogP contribution in [0.2, 0.25) is 0 Å². The molecule has 0 saturated heterocycles. The van der Waals surface area contributed by atoms with E-state index in [0.29, 0.717) is 5.75 Å². The molecule has 6 nitrogen and oxygen atoms in total. The minimum Gasteiger partial charge on any atom is -0.507 e. The Labute approximate surface area is 98.7 Å². The molecule has 4 N–H and O–H groups in total. The lowest BCUT2D eigenvalue weighted by molar-refractivity contribution is -0.0172.